The van der Waals surface area contributed by atoms with Gasteiger partial charge in [-0.2, -0.15) is 0 Å². The van der Waals surface area contributed by atoms with Gasteiger partial charge in [0.2, 0.25) is 11.8 Å². The zero-order valence-electron chi connectivity index (χ0n) is 18.2. The van der Waals surface area contributed by atoms with Gasteiger partial charge in [-0.3, -0.25) is 24.5 Å². The Hall–Kier alpha value is -4.01. The van der Waals surface area contributed by atoms with Crippen molar-refractivity contribution in [3.8, 4) is 5.75 Å². The third kappa shape index (κ3) is 2.81. The molecule has 2 aromatic rings. The van der Waals surface area contributed by atoms with Crippen LogP contribution in [0.2, 0.25) is 0 Å². The van der Waals surface area contributed by atoms with Crippen LogP contribution in [-0.2, 0) is 14.4 Å². The molecule has 2 fully saturated rings. The lowest BCUT2D eigenvalue weighted by atomic mass is 9.84. The molecule has 2 amide bonds. The molecule has 4 atom stereocenters. The first-order valence-electron chi connectivity index (χ1n) is 10.5. The number of ether oxygens (including phenoxy) is 1. The van der Waals surface area contributed by atoms with Crippen molar-refractivity contribution in [2.75, 3.05) is 12.0 Å². The molecule has 3 aliphatic rings. The first kappa shape index (κ1) is 20.9. The first-order valence-corrected chi connectivity index (χ1v) is 10.5. The molecule has 33 heavy (non-hydrogen) atoms. The predicted molar refractivity (Wildman–Crippen MR) is 118 cm³/mol. The van der Waals surface area contributed by atoms with Crippen LogP contribution in [0.1, 0.15) is 29.7 Å². The average Bonchev–Trinajstić information content (AvgIpc) is 3.26. The lowest BCUT2D eigenvalue weighted by molar-refractivity contribution is -0.385. The highest BCUT2D eigenvalue weighted by atomic mass is 16.6. The molecule has 3 aliphatic heterocycles. The third-order valence-electron chi connectivity index (χ3n) is 6.81. The summed E-state index contributed by atoms with van der Waals surface area (Å²) in [7, 11) is 1.29. The smallest absolute Gasteiger partial charge is 0.311 e. The molecular formula is C24H21N3O6. The van der Waals surface area contributed by atoms with Gasteiger partial charge in [0.1, 0.15) is 0 Å². The second-order valence-corrected chi connectivity index (χ2v) is 8.52. The zero-order chi connectivity index (χ0) is 23.6. The monoisotopic (exact) mass is 447 g/mol. The molecule has 2 aromatic carbocycles. The molecule has 4 unspecified atom stereocenters. The second kappa shape index (κ2) is 7.26. The lowest BCUT2D eigenvalue weighted by Gasteiger charge is -2.35. The minimum absolute atomic E-state index is 0.0473. The number of carbonyl (C=O) groups is 3. The van der Waals surface area contributed by atoms with Crippen molar-refractivity contribution in [1.29, 1.82) is 0 Å². The van der Waals surface area contributed by atoms with Crippen LogP contribution in [0.15, 0.2) is 42.6 Å². The molecule has 0 aliphatic carbocycles. The van der Waals surface area contributed by atoms with Gasteiger partial charge in [0.25, 0.3) is 0 Å². The fourth-order valence-electron chi connectivity index (χ4n) is 5.47. The molecule has 0 N–H and O–H groups in total. The Morgan fingerprint density at radius 1 is 1.12 bits per heavy atom. The number of aryl methyl sites for hydroxylation is 1. The van der Waals surface area contributed by atoms with E-state index in [0.717, 1.165) is 16.0 Å². The Kier molecular flexibility index (Phi) is 4.59. The molecule has 9 heteroatoms. The number of fused-ring (bicyclic) bond motifs is 5. The summed E-state index contributed by atoms with van der Waals surface area (Å²) in [6.07, 6.45) is 3.68. The molecule has 168 valence electrons. The molecular weight excluding hydrogens is 426 g/mol. The number of imide groups is 1. The highest BCUT2D eigenvalue weighted by Gasteiger charge is 2.64. The number of methoxy groups -OCH3 is 1. The van der Waals surface area contributed by atoms with Crippen LogP contribution in [0.25, 0.3) is 6.08 Å². The number of anilines is 1. The van der Waals surface area contributed by atoms with E-state index in [4.69, 9.17) is 4.74 Å². The highest BCUT2D eigenvalue weighted by Crippen LogP contribution is 2.53. The predicted octanol–water partition coefficient (Wildman–Crippen LogP) is 3.02. The number of nitro groups is 1. The molecule has 2 saturated heterocycles. The van der Waals surface area contributed by atoms with Crippen LogP contribution < -0.4 is 9.64 Å². The van der Waals surface area contributed by atoms with Crippen molar-refractivity contribution in [1.82, 2.24) is 4.90 Å². The molecule has 9 nitrogen and oxygen atoms in total. The van der Waals surface area contributed by atoms with Crippen molar-refractivity contribution >= 4 is 35.0 Å². The molecule has 0 spiro atoms. The number of nitro benzene ring substituents is 1. The summed E-state index contributed by atoms with van der Waals surface area (Å²) in [5, 5.41) is 11.4. The lowest BCUT2D eigenvalue weighted by Crippen LogP contribution is -2.43. The maximum Gasteiger partial charge on any atom is 0.311 e. The number of rotatable bonds is 4. The third-order valence-corrected chi connectivity index (χ3v) is 6.81. The maximum absolute atomic E-state index is 13.8. The SMILES string of the molecule is COc1cc(N2C(=O)C3C(C2=O)C2c4ccccc4C=CN2C3C(C)=O)c(C)cc1[N+](=O)[O-]. The minimum atomic E-state index is -0.851. The highest BCUT2D eigenvalue weighted by molar-refractivity contribution is 6.24. The Balaban J connectivity index is 1.65. The number of benzene rings is 2. The first-order chi connectivity index (χ1) is 15.8. The van der Waals surface area contributed by atoms with E-state index < -0.39 is 40.7 Å². The number of hydrogen-bond donors (Lipinski definition) is 0. The van der Waals surface area contributed by atoms with Gasteiger partial charge in [-0.15, -0.1) is 0 Å². The van der Waals surface area contributed by atoms with E-state index in [9.17, 15) is 24.5 Å². The number of Topliss-reactive ketones (excluding diaryl/α,β-unsaturated/α-hetero) is 1. The summed E-state index contributed by atoms with van der Waals surface area (Å²) >= 11 is 0. The number of nitrogens with zero attached hydrogens (tertiary/aromatic N) is 3. The van der Waals surface area contributed by atoms with E-state index in [1.54, 1.807) is 13.1 Å². The van der Waals surface area contributed by atoms with Gasteiger partial charge < -0.3 is 9.64 Å². The van der Waals surface area contributed by atoms with Crippen LogP contribution in [0, 0.1) is 28.9 Å². The summed E-state index contributed by atoms with van der Waals surface area (Å²) in [6.45, 7) is 3.03. The van der Waals surface area contributed by atoms with Gasteiger partial charge in [0.15, 0.2) is 11.5 Å². The van der Waals surface area contributed by atoms with Crippen LogP contribution in [0.4, 0.5) is 11.4 Å². The van der Waals surface area contributed by atoms with Crippen LogP contribution in [0.5, 0.6) is 5.75 Å². The molecule has 0 saturated carbocycles. The Morgan fingerprint density at radius 3 is 2.48 bits per heavy atom. The molecule has 5 rings (SSSR count). The number of ketones is 1. The van der Waals surface area contributed by atoms with Crippen molar-refractivity contribution in [2.24, 2.45) is 11.8 Å². The number of carbonyl (C=O) groups excluding carboxylic acids is 3. The maximum atomic E-state index is 13.8. The fraction of sp³-hybridized carbons (Fsp3) is 0.292. The zero-order valence-corrected chi connectivity index (χ0v) is 18.2. The molecule has 3 heterocycles. The van der Waals surface area contributed by atoms with Gasteiger partial charge in [0, 0.05) is 18.3 Å². The molecule has 0 bridgehead atoms. The Morgan fingerprint density at radius 2 is 1.82 bits per heavy atom. The van der Waals surface area contributed by atoms with Crippen molar-refractivity contribution in [3.63, 3.8) is 0 Å². The summed E-state index contributed by atoms with van der Waals surface area (Å²) in [4.78, 5) is 53.8. The summed E-state index contributed by atoms with van der Waals surface area (Å²) < 4.78 is 5.16. The van der Waals surface area contributed by atoms with E-state index in [1.807, 2.05) is 35.2 Å². The number of hydrogen-bond acceptors (Lipinski definition) is 7. The van der Waals surface area contributed by atoms with Crippen LogP contribution >= 0.6 is 0 Å². The quantitative estimate of drug-likeness (QED) is 0.402. The van der Waals surface area contributed by atoms with Gasteiger partial charge in [0.05, 0.1) is 41.6 Å². The Labute approximate surface area is 189 Å². The summed E-state index contributed by atoms with van der Waals surface area (Å²) in [6, 6.07) is 9.03. The van der Waals surface area contributed by atoms with Crippen LogP contribution in [0.3, 0.4) is 0 Å². The minimum Gasteiger partial charge on any atom is -0.490 e. The van der Waals surface area contributed by atoms with E-state index in [1.165, 1.54) is 26.2 Å². The van der Waals surface area contributed by atoms with E-state index in [-0.39, 0.29) is 22.9 Å². The van der Waals surface area contributed by atoms with E-state index in [2.05, 4.69) is 0 Å². The van der Waals surface area contributed by atoms with E-state index >= 15 is 0 Å². The van der Waals surface area contributed by atoms with Gasteiger partial charge in [-0.05, 0) is 36.6 Å². The van der Waals surface area contributed by atoms with Gasteiger partial charge >= 0.3 is 5.69 Å². The summed E-state index contributed by atoms with van der Waals surface area (Å²) in [5.74, 6) is -2.75. The van der Waals surface area contributed by atoms with Crippen molar-refractivity contribution in [2.45, 2.75) is 25.9 Å². The average molecular weight is 447 g/mol. The van der Waals surface area contributed by atoms with Crippen molar-refractivity contribution in [3.05, 3.63) is 69.4 Å². The number of amides is 2. The second-order valence-electron chi connectivity index (χ2n) is 8.52. The topological polar surface area (TPSA) is 110 Å². The fourth-order valence-corrected chi connectivity index (χ4v) is 5.47. The Bertz CT molecular complexity index is 1270. The van der Waals surface area contributed by atoms with Gasteiger partial charge in [-0.25, -0.2) is 4.90 Å². The van der Waals surface area contributed by atoms with Gasteiger partial charge in [-0.1, -0.05) is 24.3 Å². The molecule has 0 aromatic heterocycles. The standard InChI is InChI=1S/C24H21N3O6/c1-12-10-17(27(31)32)18(33-3)11-16(12)26-23(29)19-20(24(26)30)22-15-7-5-4-6-14(15)8-9-25(22)21(19)13(2)28/h4-11,19-22H,1-3H3. The normalized spacial score (nSPS) is 25.1. The largest absolute Gasteiger partial charge is 0.490 e. The van der Waals surface area contributed by atoms with Crippen molar-refractivity contribution < 1.29 is 24.0 Å². The van der Waals surface area contributed by atoms with Crippen LogP contribution in [-0.4, -0.2) is 40.6 Å². The van der Waals surface area contributed by atoms with E-state index in [0.29, 0.717) is 5.56 Å². The summed E-state index contributed by atoms with van der Waals surface area (Å²) in [5.41, 5.74) is 2.20. The molecule has 0 radical (unpaired) electrons.